The molecule has 12 heavy (non-hydrogen) atoms. The van der Waals surface area contributed by atoms with Crippen molar-refractivity contribution in [1.82, 2.24) is 0 Å². The molecule has 0 aliphatic heterocycles. The zero-order chi connectivity index (χ0) is 9.35. The van der Waals surface area contributed by atoms with Crippen LogP contribution in [0.3, 0.4) is 0 Å². The highest BCUT2D eigenvalue weighted by Crippen LogP contribution is 2.39. The minimum Gasteiger partial charge on any atom is -0.481 e. The van der Waals surface area contributed by atoms with Gasteiger partial charge in [0.15, 0.2) is 0 Å². The summed E-state index contributed by atoms with van der Waals surface area (Å²) < 4.78 is 0. The molecule has 3 heteroatoms. The Morgan fingerprint density at radius 2 is 2.33 bits per heavy atom. The summed E-state index contributed by atoms with van der Waals surface area (Å²) in [5, 5.41) is 8.84. The van der Waals surface area contributed by atoms with E-state index in [4.69, 9.17) is 5.11 Å². The SMILES string of the molecule is CCC1CC(=O)C(C)(C(=O)O)C1. The Kier molecular flexibility index (Phi) is 2.22. The topological polar surface area (TPSA) is 54.4 Å². The van der Waals surface area contributed by atoms with Crippen molar-refractivity contribution in [3.8, 4) is 0 Å². The van der Waals surface area contributed by atoms with Crippen molar-refractivity contribution in [2.75, 3.05) is 0 Å². The van der Waals surface area contributed by atoms with E-state index in [1.54, 1.807) is 0 Å². The fraction of sp³-hybridized carbons (Fsp3) is 0.778. The number of ketones is 1. The van der Waals surface area contributed by atoms with E-state index in [1.807, 2.05) is 6.92 Å². The van der Waals surface area contributed by atoms with Crippen LogP contribution in [0.15, 0.2) is 0 Å². The molecule has 0 aromatic rings. The summed E-state index contributed by atoms with van der Waals surface area (Å²) in [5.41, 5.74) is -1.10. The molecule has 1 rings (SSSR count). The zero-order valence-corrected chi connectivity index (χ0v) is 7.46. The summed E-state index contributed by atoms with van der Waals surface area (Å²) in [6, 6.07) is 0. The van der Waals surface area contributed by atoms with Crippen molar-refractivity contribution in [3.05, 3.63) is 0 Å². The monoisotopic (exact) mass is 170 g/mol. The van der Waals surface area contributed by atoms with Crippen molar-refractivity contribution in [2.24, 2.45) is 11.3 Å². The lowest BCUT2D eigenvalue weighted by molar-refractivity contribution is -0.152. The predicted molar refractivity (Wildman–Crippen MR) is 43.8 cm³/mol. The summed E-state index contributed by atoms with van der Waals surface area (Å²) in [4.78, 5) is 22.1. The quantitative estimate of drug-likeness (QED) is 0.638. The number of carboxylic acids is 1. The third kappa shape index (κ3) is 1.24. The van der Waals surface area contributed by atoms with Crippen molar-refractivity contribution in [2.45, 2.75) is 33.1 Å². The van der Waals surface area contributed by atoms with Crippen molar-refractivity contribution in [3.63, 3.8) is 0 Å². The van der Waals surface area contributed by atoms with E-state index in [0.29, 0.717) is 12.8 Å². The van der Waals surface area contributed by atoms with Crippen molar-refractivity contribution >= 4 is 11.8 Å². The van der Waals surface area contributed by atoms with Crippen LogP contribution in [0.4, 0.5) is 0 Å². The Labute approximate surface area is 71.8 Å². The van der Waals surface area contributed by atoms with Crippen LogP contribution in [0.2, 0.25) is 0 Å². The lowest BCUT2D eigenvalue weighted by Gasteiger charge is -2.15. The van der Waals surface area contributed by atoms with Gasteiger partial charge in [-0.25, -0.2) is 0 Å². The lowest BCUT2D eigenvalue weighted by atomic mass is 9.87. The Balaban J connectivity index is 2.81. The number of aliphatic carboxylic acids is 1. The molecule has 0 amide bonds. The molecule has 1 aliphatic carbocycles. The average molecular weight is 170 g/mol. The van der Waals surface area contributed by atoms with E-state index in [2.05, 4.69) is 0 Å². The largest absolute Gasteiger partial charge is 0.481 e. The molecule has 0 saturated heterocycles. The van der Waals surface area contributed by atoms with Gasteiger partial charge in [0.25, 0.3) is 0 Å². The predicted octanol–water partition coefficient (Wildman–Crippen LogP) is 1.47. The molecule has 0 bridgehead atoms. The van der Waals surface area contributed by atoms with Crippen molar-refractivity contribution < 1.29 is 14.7 Å². The van der Waals surface area contributed by atoms with Gasteiger partial charge in [-0.2, -0.15) is 0 Å². The average Bonchev–Trinajstić information content (AvgIpc) is 2.29. The van der Waals surface area contributed by atoms with Crippen LogP contribution in [0, 0.1) is 11.3 Å². The Bertz CT molecular complexity index is 222. The highest BCUT2D eigenvalue weighted by Gasteiger charge is 2.48. The lowest BCUT2D eigenvalue weighted by Crippen LogP contribution is -2.31. The Hall–Kier alpha value is -0.860. The van der Waals surface area contributed by atoms with E-state index in [0.717, 1.165) is 6.42 Å². The van der Waals surface area contributed by atoms with Gasteiger partial charge in [0.1, 0.15) is 11.2 Å². The van der Waals surface area contributed by atoms with Gasteiger partial charge >= 0.3 is 5.97 Å². The van der Waals surface area contributed by atoms with E-state index in [9.17, 15) is 9.59 Å². The molecular weight excluding hydrogens is 156 g/mol. The molecule has 1 N–H and O–H groups in total. The molecule has 0 aromatic heterocycles. The van der Waals surface area contributed by atoms with Crippen molar-refractivity contribution in [1.29, 1.82) is 0 Å². The van der Waals surface area contributed by atoms with Gasteiger partial charge in [-0.15, -0.1) is 0 Å². The number of Topliss-reactive ketones (excluding diaryl/α,β-unsaturated/α-hetero) is 1. The number of hydrogen-bond acceptors (Lipinski definition) is 2. The van der Waals surface area contributed by atoms with Gasteiger partial charge in [-0.1, -0.05) is 13.3 Å². The van der Waals surface area contributed by atoms with Gasteiger partial charge in [-0.05, 0) is 19.3 Å². The summed E-state index contributed by atoms with van der Waals surface area (Å²) in [6.07, 6.45) is 1.85. The molecule has 68 valence electrons. The van der Waals surface area contributed by atoms with Crippen LogP contribution in [0.5, 0.6) is 0 Å². The number of carboxylic acid groups (broad SMARTS) is 1. The third-order valence-corrected chi connectivity index (χ3v) is 2.84. The number of carbonyl (C=O) groups excluding carboxylic acids is 1. The molecule has 0 spiro atoms. The van der Waals surface area contributed by atoms with Crippen LogP contribution >= 0.6 is 0 Å². The highest BCUT2D eigenvalue weighted by atomic mass is 16.4. The molecular formula is C9H14O3. The summed E-state index contributed by atoms with van der Waals surface area (Å²) in [6.45, 7) is 3.53. The maximum Gasteiger partial charge on any atom is 0.316 e. The zero-order valence-electron chi connectivity index (χ0n) is 7.46. The van der Waals surface area contributed by atoms with Gasteiger partial charge in [0.2, 0.25) is 0 Å². The van der Waals surface area contributed by atoms with Crippen LogP contribution in [-0.4, -0.2) is 16.9 Å². The Morgan fingerprint density at radius 1 is 1.75 bits per heavy atom. The second-order valence-electron chi connectivity index (χ2n) is 3.74. The first-order valence-corrected chi connectivity index (χ1v) is 4.27. The minimum absolute atomic E-state index is 0.109. The molecule has 1 fully saturated rings. The molecule has 2 atom stereocenters. The maximum atomic E-state index is 11.3. The first-order valence-electron chi connectivity index (χ1n) is 4.27. The first-order chi connectivity index (χ1) is 5.50. The maximum absolute atomic E-state index is 11.3. The van der Waals surface area contributed by atoms with Gasteiger partial charge in [0, 0.05) is 6.42 Å². The smallest absolute Gasteiger partial charge is 0.316 e. The molecule has 0 aromatic carbocycles. The summed E-state index contributed by atoms with van der Waals surface area (Å²) in [5.74, 6) is -0.802. The fourth-order valence-electron chi connectivity index (χ4n) is 1.75. The fourth-order valence-corrected chi connectivity index (χ4v) is 1.75. The van der Waals surface area contributed by atoms with Crippen LogP contribution < -0.4 is 0 Å². The van der Waals surface area contributed by atoms with Crippen LogP contribution in [-0.2, 0) is 9.59 Å². The van der Waals surface area contributed by atoms with E-state index in [-0.39, 0.29) is 11.7 Å². The van der Waals surface area contributed by atoms with Gasteiger partial charge in [-0.3, -0.25) is 9.59 Å². The molecule has 0 radical (unpaired) electrons. The number of hydrogen-bond donors (Lipinski definition) is 1. The van der Waals surface area contributed by atoms with Crippen LogP contribution in [0.25, 0.3) is 0 Å². The second kappa shape index (κ2) is 2.88. The first kappa shape index (κ1) is 9.23. The van der Waals surface area contributed by atoms with E-state index >= 15 is 0 Å². The Morgan fingerprint density at radius 3 is 2.58 bits per heavy atom. The number of carbonyl (C=O) groups is 2. The minimum atomic E-state index is -1.10. The molecule has 1 saturated carbocycles. The van der Waals surface area contributed by atoms with Gasteiger partial charge in [0.05, 0.1) is 0 Å². The number of rotatable bonds is 2. The van der Waals surface area contributed by atoms with E-state index in [1.165, 1.54) is 6.92 Å². The standard InChI is InChI=1S/C9H14O3/c1-3-6-4-7(10)9(2,5-6)8(11)12/h6H,3-5H2,1-2H3,(H,11,12). The highest BCUT2D eigenvalue weighted by molar-refractivity contribution is 6.04. The van der Waals surface area contributed by atoms with Crippen LogP contribution in [0.1, 0.15) is 33.1 Å². The molecule has 0 heterocycles. The van der Waals surface area contributed by atoms with Gasteiger partial charge < -0.3 is 5.11 Å². The summed E-state index contributed by atoms with van der Waals surface area (Å²) >= 11 is 0. The second-order valence-corrected chi connectivity index (χ2v) is 3.74. The van der Waals surface area contributed by atoms with E-state index < -0.39 is 11.4 Å². The molecule has 3 nitrogen and oxygen atoms in total. The molecule has 1 aliphatic rings. The molecule has 2 unspecified atom stereocenters. The normalized spacial score (nSPS) is 35.5. The third-order valence-electron chi connectivity index (χ3n) is 2.84. The summed E-state index contributed by atoms with van der Waals surface area (Å²) in [7, 11) is 0.